The van der Waals surface area contributed by atoms with E-state index >= 15 is 0 Å². The topological polar surface area (TPSA) is 199 Å². The minimum atomic E-state index is -4.91. The lowest BCUT2D eigenvalue weighted by Gasteiger charge is -2.15. The highest BCUT2D eigenvalue weighted by Crippen LogP contribution is 2.30. The number of nitrogens with zero attached hydrogens (tertiary/aromatic N) is 3. The number of nitrogens with one attached hydrogen (secondary N) is 1. The summed E-state index contributed by atoms with van der Waals surface area (Å²) in [5.74, 6) is 0.966. The highest BCUT2D eigenvalue weighted by atomic mass is 35.5. The Morgan fingerprint density at radius 1 is 0.929 bits per heavy atom. The van der Waals surface area contributed by atoms with Crippen LogP contribution in [0, 0.1) is 11.8 Å². The number of benzene rings is 2. The standard InChI is InChI=1S/C17H23N3O.C11H12F3N3O2.C8H13ClO.C4H8O2/c1-12(18)14-7-9-15(10-8-14)17-19-16(21-20-17)11-6-13-4-2-3-5-13;1-6(16-10(18)11(12,13)14)7-2-4-8(5-3-7)9(15)17-19;9-8(10)6-5-7-3-1-2-4-7;5-4-2-1-3-6-4/h7-10,12-13H,2-6,11,18H2,1H3;2-6,19H,1H3,(H2,15,17)(H,16,18);7H,1-6H2;4-5H,1-3H2/t12-;6-;;/m00../s1. The van der Waals surface area contributed by atoms with Crippen LogP contribution in [0.15, 0.2) is 58.2 Å². The van der Waals surface area contributed by atoms with Gasteiger partial charge in [-0.15, -0.1) is 0 Å². The van der Waals surface area contributed by atoms with E-state index in [1.807, 2.05) is 36.5 Å². The number of oxime groups is 1. The third kappa shape index (κ3) is 17.0. The van der Waals surface area contributed by atoms with E-state index in [9.17, 15) is 22.8 Å². The molecule has 2 heterocycles. The zero-order valence-electron chi connectivity index (χ0n) is 32.1. The summed E-state index contributed by atoms with van der Waals surface area (Å²) in [5, 5.41) is 25.5. The fourth-order valence-electron chi connectivity index (χ4n) is 6.58. The Hall–Kier alpha value is -4.05. The predicted molar refractivity (Wildman–Crippen MR) is 207 cm³/mol. The van der Waals surface area contributed by atoms with Crippen LogP contribution in [0.1, 0.15) is 132 Å². The number of rotatable bonds is 11. The SMILES string of the molecule is C[C@H](N)c1ccc(-c2noc(CCC3CCCC3)n2)cc1.C[C@H](NC(=O)C(F)(F)F)c1ccc(/C(N)=N/O)cc1.O=C(Cl)CCC1CCCC1.OC1CCCO1. The van der Waals surface area contributed by atoms with Crippen molar-refractivity contribution in [2.45, 2.75) is 128 Å². The van der Waals surface area contributed by atoms with Crippen molar-refractivity contribution in [1.29, 1.82) is 0 Å². The van der Waals surface area contributed by atoms with Gasteiger partial charge in [-0.1, -0.05) is 110 Å². The Morgan fingerprint density at radius 3 is 1.96 bits per heavy atom. The van der Waals surface area contributed by atoms with Crippen molar-refractivity contribution in [3.05, 3.63) is 71.1 Å². The number of aliphatic hydroxyl groups is 1. The van der Waals surface area contributed by atoms with Gasteiger partial charge >= 0.3 is 12.1 Å². The van der Waals surface area contributed by atoms with Crippen LogP contribution in [0.4, 0.5) is 13.2 Å². The molecule has 1 aliphatic heterocycles. The van der Waals surface area contributed by atoms with Crippen molar-refractivity contribution < 1.29 is 42.3 Å². The number of carbonyl (C=O) groups is 2. The number of hydrogen-bond acceptors (Lipinski definition) is 10. The van der Waals surface area contributed by atoms with Gasteiger partial charge in [0.15, 0.2) is 12.1 Å². The normalized spacial score (nSPS) is 18.4. The number of aliphatic hydroxyl groups excluding tert-OH is 1. The van der Waals surface area contributed by atoms with Gasteiger partial charge in [0, 0.05) is 43.0 Å². The molecule has 0 bridgehead atoms. The molecule has 3 atom stereocenters. The molecule has 16 heteroatoms. The second kappa shape index (κ2) is 23.9. The lowest BCUT2D eigenvalue weighted by atomic mass is 10.0. The van der Waals surface area contributed by atoms with E-state index in [-0.39, 0.29) is 17.1 Å². The van der Waals surface area contributed by atoms with Crippen molar-refractivity contribution in [2.24, 2.45) is 28.5 Å². The molecule has 1 amide bonds. The second-order valence-corrected chi connectivity index (χ2v) is 14.8. The van der Waals surface area contributed by atoms with Gasteiger partial charge in [-0.2, -0.15) is 18.2 Å². The van der Waals surface area contributed by atoms with Crippen molar-refractivity contribution in [1.82, 2.24) is 15.5 Å². The molecule has 12 nitrogen and oxygen atoms in total. The van der Waals surface area contributed by atoms with Crippen molar-refractivity contribution in [3.8, 4) is 11.4 Å². The smallest absolute Gasteiger partial charge is 0.409 e. The summed E-state index contributed by atoms with van der Waals surface area (Å²) in [6.45, 7) is 4.13. The zero-order chi connectivity index (χ0) is 41.1. The number of ether oxygens (including phenoxy) is 1. The number of aryl methyl sites for hydroxylation is 1. The summed E-state index contributed by atoms with van der Waals surface area (Å²) in [7, 11) is 0. The fourth-order valence-corrected chi connectivity index (χ4v) is 6.68. The Balaban J connectivity index is 0.000000219. The monoisotopic (exact) mass is 808 g/mol. The van der Waals surface area contributed by atoms with E-state index in [4.69, 9.17) is 42.6 Å². The average molecular weight is 809 g/mol. The molecular weight excluding hydrogens is 753 g/mol. The zero-order valence-corrected chi connectivity index (χ0v) is 32.9. The van der Waals surface area contributed by atoms with Crippen LogP contribution in [0.3, 0.4) is 0 Å². The molecule has 3 fully saturated rings. The largest absolute Gasteiger partial charge is 0.471 e. The minimum absolute atomic E-state index is 0.0475. The van der Waals surface area contributed by atoms with Gasteiger partial charge in [0.25, 0.3) is 0 Å². The van der Waals surface area contributed by atoms with Gasteiger partial charge in [0.1, 0.15) is 0 Å². The Morgan fingerprint density at radius 2 is 1.50 bits per heavy atom. The molecule has 2 aromatic carbocycles. The molecule has 56 heavy (non-hydrogen) atoms. The van der Waals surface area contributed by atoms with Crippen LogP contribution in [0.5, 0.6) is 0 Å². The maximum absolute atomic E-state index is 12.1. The number of aromatic nitrogens is 2. The summed E-state index contributed by atoms with van der Waals surface area (Å²) < 4.78 is 46.3. The van der Waals surface area contributed by atoms with E-state index in [1.54, 1.807) is 0 Å². The molecule has 2 aliphatic carbocycles. The molecule has 0 spiro atoms. The molecule has 1 aromatic heterocycles. The molecule has 310 valence electrons. The van der Waals surface area contributed by atoms with Gasteiger partial charge in [0.05, 0.1) is 6.04 Å². The van der Waals surface area contributed by atoms with Crippen LogP contribution >= 0.6 is 11.6 Å². The Labute approximate surface area is 331 Å². The quantitative estimate of drug-likeness (QED) is 0.0413. The Kier molecular flexibility index (Phi) is 19.8. The van der Waals surface area contributed by atoms with Crippen LogP contribution in [-0.4, -0.2) is 56.5 Å². The van der Waals surface area contributed by atoms with Crippen molar-refractivity contribution in [2.75, 3.05) is 6.61 Å². The first-order chi connectivity index (χ1) is 26.7. The number of halogens is 4. The van der Waals surface area contributed by atoms with E-state index in [0.29, 0.717) is 23.4 Å². The minimum Gasteiger partial charge on any atom is -0.409 e. The van der Waals surface area contributed by atoms with Crippen LogP contribution < -0.4 is 16.8 Å². The van der Waals surface area contributed by atoms with Crippen LogP contribution in [0.25, 0.3) is 11.4 Å². The summed E-state index contributed by atoms with van der Waals surface area (Å²) >= 11 is 5.22. The Bertz CT molecular complexity index is 1620. The van der Waals surface area contributed by atoms with Crippen molar-refractivity contribution in [3.63, 3.8) is 0 Å². The number of amides is 1. The average Bonchev–Trinajstić information content (AvgIpc) is 4.03. The molecular formula is C40H56ClF3N6O6. The van der Waals surface area contributed by atoms with Crippen LogP contribution in [0.2, 0.25) is 0 Å². The van der Waals surface area contributed by atoms with Gasteiger partial charge in [-0.3, -0.25) is 9.59 Å². The predicted octanol–water partition coefficient (Wildman–Crippen LogP) is 8.24. The molecule has 3 aromatic rings. The first-order valence-corrected chi connectivity index (χ1v) is 19.7. The van der Waals surface area contributed by atoms with E-state index in [0.717, 1.165) is 61.1 Å². The highest BCUT2D eigenvalue weighted by molar-refractivity contribution is 6.63. The first-order valence-electron chi connectivity index (χ1n) is 19.3. The molecule has 2 saturated carbocycles. The van der Waals surface area contributed by atoms with E-state index in [2.05, 4.69) is 15.3 Å². The number of hydrogen-bond donors (Lipinski definition) is 5. The summed E-state index contributed by atoms with van der Waals surface area (Å²) in [6, 6.07) is 13.2. The number of nitrogens with two attached hydrogens (primary N) is 2. The maximum Gasteiger partial charge on any atom is 0.471 e. The maximum atomic E-state index is 12.1. The third-order valence-electron chi connectivity index (χ3n) is 9.95. The molecule has 3 aliphatic rings. The summed E-state index contributed by atoms with van der Waals surface area (Å²) in [6.07, 6.45) is 10.9. The van der Waals surface area contributed by atoms with Crippen LogP contribution in [-0.2, 0) is 20.7 Å². The summed E-state index contributed by atoms with van der Waals surface area (Å²) in [5.41, 5.74) is 14.2. The fraction of sp³-hybridized carbons (Fsp3) is 0.575. The summed E-state index contributed by atoms with van der Waals surface area (Å²) in [4.78, 5) is 25.6. The molecule has 1 saturated heterocycles. The van der Waals surface area contributed by atoms with Crippen molar-refractivity contribution >= 4 is 28.6 Å². The second-order valence-electron chi connectivity index (χ2n) is 14.4. The number of alkyl halides is 3. The number of amidine groups is 1. The van der Waals surface area contributed by atoms with Gasteiger partial charge in [-0.05, 0) is 67.7 Å². The van der Waals surface area contributed by atoms with Gasteiger partial charge in [0.2, 0.25) is 17.0 Å². The molecule has 7 N–H and O–H groups in total. The lowest BCUT2D eigenvalue weighted by molar-refractivity contribution is -0.174. The molecule has 6 rings (SSSR count). The number of carbonyl (C=O) groups excluding carboxylic acids is 2. The van der Waals surface area contributed by atoms with Gasteiger partial charge < -0.3 is 36.4 Å². The van der Waals surface area contributed by atoms with E-state index in [1.165, 1.54) is 89.0 Å². The van der Waals surface area contributed by atoms with E-state index < -0.39 is 24.4 Å². The molecule has 0 radical (unpaired) electrons. The first kappa shape index (κ1) is 46.3. The molecule has 1 unspecified atom stereocenters. The lowest BCUT2D eigenvalue weighted by Crippen LogP contribution is -2.38. The highest BCUT2D eigenvalue weighted by Gasteiger charge is 2.39. The third-order valence-corrected chi connectivity index (χ3v) is 10.1. The van der Waals surface area contributed by atoms with Gasteiger partial charge in [-0.25, -0.2) is 0 Å².